The molecule has 0 saturated carbocycles. The Balaban J connectivity index is 2.02. The Morgan fingerprint density at radius 3 is 2.44 bits per heavy atom. The van der Waals surface area contributed by atoms with Crippen molar-refractivity contribution in [3.05, 3.63) is 30.6 Å². The van der Waals surface area contributed by atoms with Crippen LogP contribution in [0.3, 0.4) is 0 Å². The zero-order valence-corrected chi connectivity index (χ0v) is 13.4. The van der Waals surface area contributed by atoms with Crippen molar-refractivity contribution in [2.45, 2.75) is 12.8 Å². The average Bonchev–Trinajstić information content (AvgIpc) is 2.55. The number of hydrogen-bond donors (Lipinski definition) is 3. The van der Waals surface area contributed by atoms with Crippen LogP contribution in [0.2, 0.25) is 0 Å². The maximum absolute atomic E-state index is 12.2. The fraction of sp³-hybridized carbons (Fsp3) is 0.333. The summed E-state index contributed by atoms with van der Waals surface area (Å²) in [5.74, 6) is 0.494. The van der Waals surface area contributed by atoms with Gasteiger partial charge in [-0.25, -0.2) is 9.97 Å². The van der Waals surface area contributed by atoms with Crippen molar-refractivity contribution >= 4 is 23.0 Å². The van der Waals surface area contributed by atoms with Crippen molar-refractivity contribution in [2.75, 3.05) is 36.6 Å². The van der Waals surface area contributed by atoms with Gasteiger partial charge in [-0.05, 0) is 30.7 Å². The third-order valence-corrected chi connectivity index (χ3v) is 3.05. The molecule has 0 bridgehead atoms. The van der Waals surface area contributed by atoms with E-state index in [-0.39, 0.29) is 5.75 Å². The van der Waals surface area contributed by atoms with Crippen LogP contribution in [-0.4, -0.2) is 36.6 Å². The number of nitrogens with two attached hydrogens (primary N) is 1. The minimum Gasteiger partial charge on any atom is -0.406 e. The van der Waals surface area contributed by atoms with E-state index >= 15 is 0 Å². The molecule has 10 heteroatoms. The quantitative estimate of drug-likeness (QED) is 0.625. The smallest absolute Gasteiger partial charge is 0.406 e. The van der Waals surface area contributed by atoms with Crippen LogP contribution in [0.4, 0.5) is 36.2 Å². The summed E-state index contributed by atoms with van der Waals surface area (Å²) < 4.78 is 45.2. The van der Waals surface area contributed by atoms with Crippen molar-refractivity contribution < 1.29 is 22.6 Å². The number of nitrogen functional groups attached to an aromatic ring is 1. The molecule has 1 heterocycles. The van der Waals surface area contributed by atoms with E-state index in [1.165, 1.54) is 30.6 Å². The highest BCUT2D eigenvalue weighted by atomic mass is 19.4. The summed E-state index contributed by atoms with van der Waals surface area (Å²) in [4.78, 5) is 8.10. The number of hydrogen-bond acceptors (Lipinski definition) is 7. The van der Waals surface area contributed by atoms with Crippen LogP contribution < -0.4 is 21.1 Å². The number of aromatic nitrogens is 2. The van der Waals surface area contributed by atoms with Crippen molar-refractivity contribution in [1.82, 2.24) is 9.97 Å². The molecule has 0 aliphatic carbocycles. The van der Waals surface area contributed by atoms with Crippen LogP contribution in [0.1, 0.15) is 6.42 Å². The summed E-state index contributed by atoms with van der Waals surface area (Å²) in [7, 11) is 1.62. The molecule has 7 nitrogen and oxygen atoms in total. The molecule has 25 heavy (non-hydrogen) atoms. The van der Waals surface area contributed by atoms with Gasteiger partial charge in [0.2, 0.25) is 0 Å². The lowest BCUT2D eigenvalue weighted by atomic mass is 10.3. The number of alkyl halides is 3. The Morgan fingerprint density at radius 2 is 1.80 bits per heavy atom. The molecule has 2 aromatic rings. The molecule has 0 aliphatic rings. The fourth-order valence-corrected chi connectivity index (χ4v) is 1.94. The molecule has 0 fully saturated rings. The summed E-state index contributed by atoms with van der Waals surface area (Å²) in [6, 6.07) is 5.23. The van der Waals surface area contributed by atoms with E-state index in [0.717, 1.165) is 6.42 Å². The van der Waals surface area contributed by atoms with Crippen molar-refractivity contribution in [2.24, 2.45) is 0 Å². The molecule has 0 amide bonds. The number of methoxy groups -OCH3 is 1. The number of nitrogens with zero attached hydrogens (tertiary/aromatic N) is 2. The summed E-state index contributed by atoms with van der Waals surface area (Å²) >= 11 is 0. The van der Waals surface area contributed by atoms with E-state index in [1.54, 1.807) is 7.11 Å². The number of anilines is 4. The van der Waals surface area contributed by atoms with Crippen molar-refractivity contribution in [3.8, 4) is 5.75 Å². The van der Waals surface area contributed by atoms with Gasteiger partial charge >= 0.3 is 6.36 Å². The second-order valence-corrected chi connectivity index (χ2v) is 4.95. The Bertz CT molecular complexity index is 680. The molecule has 2 rings (SSSR count). The first kappa shape index (κ1) is 18.6. The number of benzene rings is 1. The normalized spacial score (nSPS) is 11.2. The molecule has 0 unspecified atom stereocenters. The zero-order valence-electron chi connectivity index (χ0n) is 13.4. The minimum absolute atomic E-state index is 0.301. The molecule has 0 radical (unpaired) electrons. The molecule has 0 aliphatic heterocycles. The number of nitrogens with one attached hydrogen (secondary N) is 2. The first-order valence-corrected chi connectivity index (χ1v) is 7.35. The summed E-state index contributed by atoms with van der Waals surface area (Å²) in [6.07, 6.45) is -2.61. The average molecular weight is 357 g/mol. The van der Waals surface area contributed by atoms with E-state index in [9.17, 15) is 13.2 Å². The van der Waals surface area contributed by atoms with E-state index in [1.807, 2.05) is 0 Å². The van der Waals surface area contributed by atoms with Crippen molar-refractivity contribution in [3.63, 3.8) is 0 Å². The monoisotopic (exact) mass is 357 g/mol. The highest BCUT2D eigenvalue weighted by Crippen LogP contribution is 2.28. The van der Waals surface area contributed by atoms with Crippen LogP contribution in [0, 0.1) is 0 Å². The lowest BCUT2D eigenvalue weighted by Gasteiger charge is -2.13. The van der Waals surface area contributed by atoms with Crippen LogP contribution in [-0.2, 0) is 4.74 Å². The first-order valence-electron chi connectivity index (χ1n) is 7.35. The molecule has 136 valence electrons. The Hall–Kier alpha value is -2.75. The highest BCUT2D eigenvalue weighted by Gasteiger charge is 2.30. The number of ether oxygens (including phenoxy) is 2. The van der Waals surface area contributed by atoms with Crippen LogP contribution in [0.25, 0.3) is 0 Å². The van der Waals surface area contributed by atoms with Gasteiger partial charge in [-0.2, -0.15) is 0 Å². The summed E-state index contributed by atoms with van der Waals surface area (Å²) in [5.41, 5.74) is 6.81. The lowest BCUT2D eigenvalue weighted by Crippen LogP contribution is -2.17. The van der Waals surface area contributed by atoms with Crippen LogP contribution in [0.5, 0.6) is 5.75 Å². The third-order valence-electron chi connectivity index (χ3n) is 3.05. The number of halogens is 3. The van der Waals surface area contributed by atoms with Gasteiger partial charge in [-0.1, -0.05) is 0 Å². The van der Waals surface area contributed by atoms with E-state index in [4.69, 9.17) is 10.5 Å². The molecular formula is C15H18F3N5O2. The van der Waals surface area contributed by atoms with Gasteiger partial charge < -0.3 is 25.8 Å². The van der Waals surface area contributed by atoms with Gasteiger partial charge in [-0.3, -0.25) is 0 Å². The molecule has 1 aromatic heterocycles. The first-order chi connectivity index (χ1) is 11.9. The molecule has 0 saturated heterocycles. The maximum Gasteiger partial charge on any atom is 0.573 e. The van der Waals surface area contributed by atoms with Crippen LogP contribution >= 0.6 is 0 Å². The predicted octanol–water partition coefficient (Wildman–Crippen LogP) is 3.15. The molecule has 0 atom stereocenters. The SMILES string of the molecule is COCCCNc1ncnc(Nc2ccc(OC(F)(F)F)cc2)c1N. The van der Waals surface area contributed by atoms with Crippen LogP contribution in [0.15, 0.2) is 30.6 Å². The summed E-state index contributed by atoms with van der Waals surface area (Å²) in [6.45, 7) is 1.23. The standard InChI is InChI=1S/C15H18F3N5O2/c1-24-8-2-7-20-13-12(19)14(22-9-21-13)23-10-3-5-11(6-4-10)25-15(16,17)18/h3-6,9H,2,7-8,19H2,1H3,(H2,20,21,22,23). The van der Waals surface area contributed by atoms with Gasteiger partial charge in [0.05, 0.1) is 0 Å². The van der Waals surface area contributed by atoms with Gasteiger partial charge in [0.1, 0.15) is 17.8 Å². The van der Waals surface area contributed by atoms with E-state index < -0.39 is 6.36 Å². The third kappa shape index (κ3) is 5.99. The zero-order chi connectivity index (χ0) is 18.3. The van der Waals surface area contributed by atoms with Gasteiger partial charge in [0, 0.05) is 25.9 Å². The molecule has 1 aromatic carbocycles. The van der Waals surface area contributed by atoms with E-state index in [2.05, 4.69) is 25.3 Å². The maximum atomic E-state index is 12.2. The molecular weight excluding hydrogens is 339 g/mol. The molecule has 0 spiro atoms. The Kier molecular flexibility index (Phi) is 6.23. The fourth-order valence-electron chi connectivity index (χ4n) is 1.94. The van der Waals surface area contributed by atoms with Gasteiger partial charge in [0.15, 0.2) is 11.6 Å². The molecule has 4 N–H and O–H groups in total. The van der Waals surface area contributed by atoms with E-state index in [0.29, 0.717) is 36.2 Å². The topological polar surface area (TPSA) is 94.3 Å². The highest BCUT2D eigenvalue weighted by molar-refractivity contribution is 5.77. The largest absolute Gasteiger partial charge is 0.573 e. The number of rotatable bonds is 8. The predicted molar refractivity (Wildman–Crippen MR) is 87.8 cm³/mol. The van der Waals surface area contributed by atoms with Gasteiger partial charge in [0.25, 0.3) is 0 Å². The van der Waals surface area contributed by atoms with Crippen molar-refractivity contribution in [1.29, 1.82) is 0 Å². The van der Waals surface area contributed by atoms with Gasteiger partial charge in [-0.15, -0.1) is 13.2 Å². The minimum atomic E-state index is -4.73. The second-order valence-electron chi connectivity index (χ2n) is 4.95. The summed E-state index contributed by atoms with van der Waals surface area (Å²) in [5, 5.41) is 5.99. The lowest BCUT2D eigenvalue weighted by molar-refractivity contribution is -0.274. The second kappa shape index (κ2) is 8.38. The Morgan fingerprint density at radius 1 is 1.12 bits per heavy atom. The Labute approximate surface area is 142 Å².